The molecule has 27 heavy (non-hydrogen) atoms. The standard InChI is InChI=1S/C22H26N2O3/c1-15(2)12-20(24-14-17-6-4-5-7-19(17)22(24)26)21(25)23-13-16-8-10-18(27-3)11-9-16/h4-11,15,20H,12-14H2,1-3H3,(H,23,25)/t20-/m0/s1. The van der Waals surface area contributed by atoms with Gasteiger partial charge in [-0.25, -0.2) is 0 Å². The fourth-order valence-electron chi connectivity index (χ4n) is 3.40. The van der Waals surface area contributed by atoms with Crippen molar-refractivity contribution < 1.29 is 14.3 Å². The first kappa shape index (κ1) is 19.0. The average Bonchev–Trinajstić information content (AvgIpc) is 3.01. The van der Waals surface area contributed by atoms with Gasteiger partial charge in [0.25, 0.3) is 5.91 Å². The summed E-state index contributed by atoms with van der Waals surface area (Å²) >= 11 is 0. The second-order valence-electron chi connectivity index (χ2n) is 7.30. The van der Waals surface area contributed by atoms with Crippen LogP contribution in [0.1, 0.15) is 41.8 Å². The van der Waals surface area contributed by atoms with Gasteiger partial charge in [-0.1, -0.05) is 44.2 Å². The Kier molecular flexibility index (Phi) is 5.79. The number of hydrogen-bond donors (Lipinski definition) is 1. The molecule has 5 nitrogen and oxygen atoms in total. The molecule has 3 rings (SSSR count). The zero-order chi connectivity index (χ0) is 19.4. The highest BCUT2D eigenvalue weighted by atomic mass is 16.5. The van der Waals surface area contributed by atoms with Crippen molar-refractivity contribution in [2.24, 2.45) is 5.92 Å². The van der Waals surface area contributed by atoms with Crippen molar-refractivity contribution in [1.82, 2.24) is 10.2 Å². The van der Waals surface area contributed by atoms with Crippen molar-refractivity contribution in [3.8, 4) is 5.75 Å². The minimum atomic E-state index is -0.469. The smallest absolute Gasteiger partial charge is 0.255 e. The van der Waals surface area contributed by atoms with E-state index in [1.54, 1.807) is 12.0 Å². The molecule has 0 spiro atoms. The van der Waals surface area contributed by atoms with E-state index in [2.05, 4.69) is 19.2 Å². The van der Waals surface area contributed by atoms with Crippen LogP contribution in [-0.2, 0) is 17.9 Å². The molecule has 0 fully saturated rings. The molecule has 1 aliphatic rings. The van der Waals surface area contributed by atoms with Gasteiger partial charge < -0.3 is 15.0 Å². The van der Waals surface area contributed by atoms with E-state index in [0.717, 1.165) is 16.9 Å². The summed E-state index contributed by atoms with van der Waals surface area (Å²) < 4.78 is 5.16. The maximum Gasteiger partial charge on any atom is 0.255 e. The molecule has 0 unspecified atom stereocenters. The molecule has 142 valence electrons. The van der Waals surface area contributed by atoms with Crippen LogP contribution < -0.4 is 10.1 Å². The first-order valence-corrected chi connectivity index (χ1v) is 9.29. The van der Waals surface area contributed by atoms with Crippen LogP contribution in [0.15, 0.2) is 48.5 Å². The number of methoxy groups -OCH3 is 1. The number of carbonyl (C=O) groups excluding carboxylic acids is 2. The number of fused-ring (bicyclic) bond motifs is 1. The fraction of sp³-hybridized carbons (Fsp3) is 0.364. The molecule has 1 N–H and O–H groups in total. The van der Waals surface area contributed by atoms with Crippen molar-refractivity contribution >= 4 is 11.8 Å². The number of carbonyl (C=O) groups is 2. The van der Waals surface area contributed by atoms with Gasteiger partial charge in [0.1, 0.15) is 11.8 Å². The van der Waals surface area contributed by atoms with Crippen LogP contribution in [-0.4, -0.2) is 29.9 Å². The second-order valence-corrected chi connectivity index (χ2v) is 7.30. The van der Waals surface area contributed by atoms with Crippen molar-refractivity contribution in [2.45, 2.75) is 39.4 Å². The number of nitrogens with one attached hydrogen (secondary N) is 1. The van der Waals surface area contributed by atoms with Gasteiger partial charge in [0.2, 0.25) is 5.91 Å². The highest BCUT2D eigenvalue weighted by Crippen LogP contribution is 2.27. The lowest BCUT2D eigenvalue weighted by Gasteiger charge is -2.28. The Morgan fingerprint density at radius 3 is 2.48 bits per heavy atom. The lowest BCUT2D eigenvalue weighted by molar-refractivity contribution is -0.126. The highest BCUT2D eigenvalue weighted by molar-refractivity contribution is 6.01. The van der Waals surface area contributed by atoms with E-state index < -0.39 is 6.04 Å². The first-order chi connectivity index (χ1) is 13.0. The SMILES string of the molecule is COc1ccc(CNC(=O)[C@H](CC(C)C)N2Cc3ccccc3C2=O)cc1. The zero-order valence-electron chi connectivity index (χ0n) is 16.1. The third kappa shape index (κ3) is 4.30. The Labute approximate surface area is 160 Å². The minimum Gasteiger partial charge on any atom is -0.497 e. The first-order valence-electron chi connectivity index (χ1n) is 9.29. The van der Waals surface area contributed by atoms with Gasteiger partial charge in [-0.3, -0.25) is 9.59 Å². The Balaban J connectivity index is 1.70. The van der Waals surface area contributed by atoms with Crippen LogP contribution >= 0.6 is 0 Å². The molecular formula is C22H26N2O3. The number of nitrogens with zero attached hydrogens (tertiary/aromatic N) is 1. The van der Waals surface area contributed by atoms with E-state index in [1.165, 1.54) is 0 Å². The molecule has 2 aromatic rings. The van der Waals surface area contributed by atoms with E-state index in [9.17, 15) is 9.59 Å². The Hall–Kier alpha value is -2.82. The third-order valence-electron chi connectivity index (χ3n) is 4.85. The predicted molar refractivity (Wildman–Crippen MR) is 104 cm³/mol. The summed E-state index contributed by atoms with van der Waals surface area (Å²) in [5.74, 6) is 0.915. The van der Waals surface area contributed by atoms with Crippen molar-refractivity contribution in [3.05, 3.63) is 65.2 Å². The molecule has 5 heteroatoms. The van der Waals surface area contributed by atoms with Crippen LogP contribution in [0.25, 0.3) is 0 Å². The van der Waals surface area contributed by atoms with E-state index in [0.29, 0.717) is 31.0 Å². The topological polar surface area (TPSA) is 58.6 Å². The summed E-state index contributed by atoms with van der Waals surface area (Å²) in [5, 5.41) is 2.99. The quantitative estimate of drug-likeness (QED) is 0.817. The summed E-state index contributed by atoms with van der Waals surface area (Å²) in [4.78, 5) is 27.4. The number of hydrogen-bond acceptors (Lipinski definition) is 3. The number of benzene rings is 2. The lowest BCUT2D eigenvalue weighted by atomic mass is 10.0. The van der Waals surface area contributed by atoms with Gasteiger partial charge in [-0.15, -0.1) is 0 Å². The molecule has 0 aliphatic carbocycles. The van der Waals surface area contributed by atoms with Gasteiger partial charge in [0, 0.05) is 18.7 Å². The molecule has 0 bridgehead atoms. The number of amides is 2. The predicted octanol–water partition coefficient (Wildman–Crippen LogP) is 3.38. The van der Waals surface area contributed by atoms with E-state index in [4.69, 9.17) is 4.74 Å². The van der Waals surface area contributed by atoms with Gasteiger partial charge in [0.05, 0.1) is 7.11 Å². The van der Waals surface area contributed by atoms with Crippen molar-refractivity contribution in [1.29, 1.82) is 0 Å². The Morgan fingerprint density at radius 1 is 1.15 bits per heavy atom. The molecule has 1 atom stereocenters. The lowest BCUT2D eigenvalue weighted by Crippen LogP contribution is -2.47. The van der Waals surface area contributed by atoms with Crippen LogP contribution in [0, 0.1) is 5.92 Å². The summed E-state index contributed by atoms with van der Waals surface area (Å²) in [6.07, 6.45) is 0.633. The normalized spacial score (nSPS) is 14.2. The summed E-state index contributed by atoms with van der Waals surface area (Å²) in [6.45, 7) is 5.05. The summed E-state index contributed by atoms with van der Waals surface area (Å²) in [6, 6.07) is 14.7. The van der Waals surface area contributed by atoms with Crippen molar-refractivity contribution in [3.63, 3.8) is 0 Å². The maximum atomic E-state index is 12.9. The zero-order valence-corrected chi connectivity index (χ0v) is 16.1. The van der Waals surface area contributed by atoms with E-state index >= 15 is 0 Å². The molecule has 2 amide bonds. The summed E-state index contributed by atoms with van der Waals surface area (Å²) in [7, 11) is 1.62. The molecule has 0 saturated carbocycles. The molecule has 2 aromatic carbocycles. The highest BCUT2D eigenvalue weighted by Gasteiger charge is 2.36. The molecule has 1 heterocycles. The van der Waals surface area contributed by atoms with E-state index in [1.807, 2.05) is 48.5 Å². The van der Waals surface area contributed by atoms with Crippen LogP contribution in [0.5, 0.6) is 5.75 Å². The van der Waals surface area contributed by atoms with Crippen LogP contribution in [0.3, 0.4) is 0 Å². The molecule has 0 aromatic heterocycles. The summed E-state index contributed by atoms with van der Waals surface area (Å²) in [5.41, 5.74) is 2.68. The van der Waals surface area contributed by atoms with Crippen LogP contribution in [0.2, 0.25) is 0 Å². The fourth-order valence-corrected chi connectivity index (χ4v) is 3.40. The Bertz CT molecular complexity index is 815. The average molecular weight is 366 g/mol. The number of ether oxygens (including phenoxy) is 1. The largest absolute Gasteiger partial charge is 0.497 e. The Morgan fingerprint density at radius 2 is 1.85 bits per heavy atom. The van der Waals surface area contributed by atoms with Gasteiger partial charge in [-0.2, -0.15) is 0 Å². The third-order valence-corrected chi connectivity index (χ3v) is 4.85. The molecular weight excluding hydrogens is 340 g/mol. The molecule has 0 saturated heterocycles. The van der Waals surface area contributed by atoms with E-state index in [-0.39, 0.29) is 11.8 Å². The molecule has 1 aliphatic heterocycles. The maximum absolute atomic E-state index is 12.9. The number of rotatable bonds is 7. The van der Waals surface area contributed by atoms with Gasteiger partial charge in [0.15, 0.2) is 0 Å². The van der Waals surface area contributed by atoms with Crippen molar-refractivity contribution in [2.75, 3.05) is 7.11 Å². The minimum absolute atomic E-state index is 0.0594. The second kappa shape index (κ2) is 8.25. The molecule has 0 radical (unpaired) electrons. The monoisotopic (exact) mass is 366 g/mol. The van der Waals surface area contributed by atoms with Gasteiger partial charge >= 0.3 is 0 Å². The van der Waals surface area contributed by atoms with Crippen LogP contribution in [0.4, 0.5) is 0 Å². The van der Waals surface area contributed by atoms with Gasteiger partial charge in [-0.05, 0) is 41.7 Å².